The summed E-state index contributed by atoms with van der Waals surface area (Å²) >= 11 is 12.9. The monoisotopic (exact) mass is 464 g/mol. The minimum atomic E-state index is -0.409. The minimum Gasteiger partial charge on any atom is -0.497 e. The number of methoxy groups -OCH3 is 1. The molecule has 3 atom stereocenters. The van der Waals surface area contributed by atoms with E-state index in [-0.39, 0.29) is 17.7 Å². The zero-order valence-corrected chi connectivity index (χ0v) is 19.0. The van der Waals surface area contributed by atoms with Gasteiger partial charge in [0, 0.05) is 12.1 Å². The number of hydrogen-bond acceptors (Lipinski definition) is 4. The lowest BCUT2D eigenvalue weighted by atomic mass is 9.72. The molecule has 32 heavy (non-hydrogen) atoms. The Balaban J connectivity index is 1.59. The van der Waals surface area contributed by atoms with Gasteiger partial charge in [-0.3, -0.25) is 9.79 Å². The van der Waals surface area contributed by atoms with Gasteiger partial charge in [-0.1, -0.05) is 59.6 Å². The normalized spacial score (nSPS) is 22.2. The number of ether oxygens (including phenoxy) is 1. The van der Waals surface area contributed by atoms with Crippen LogP contribution in [0.15, 0.2) is 71.7 Å². The Morgan fingerprint density at radius 2 is 1.75 bits per heavy atom. The smallest absolute Gasteiger partial charge is 0.144 e. The number of aliphatic imine (C=N–C) groups is 1. The summed E-state index contributed by atoms with van der Waals surface area (Å²) in [5.41, 5.74) is 4.51. The van der Waals surface area contributed by atoms with Gasteiger partial charge in [-0.15, -0.1) is 0 Å². The van der Waals surface area contributed by atoms with Gasteiger partial charge in [0.25, 0.3) is 0 Å². The number of anilines is 1. The third kappa shape index (κ3) is 3.78. The van der Waals surface area contributed by atoms with Gasteiger partial charge >= 0.3 is 0 Å². The van der Waals surface area contributed by atoms with Gasteiger partial charge in [0.05, 0.1) is 40.5 Å². The summed E-state index contributed by atoms with van der Waals surface area (Å²) in [6.07, 6.45) is 1.15. The number of Topliss-reactive ketones (excluding diaryl/α,β-unsaturated/α-hetero) is 1. The molecule has 0 radical (unpaired) electrons. The molecule has 1 heterocycles. The van der Waals surface area contributed by atoms with Crippen molar-refractivity contribution < 1.29 is 9.53 Å². The first-order valence-electron chi connectivity index (χ1n) is 10.6. The first-order valence-corrected chi connectivity index (χ1v) is 11.3. The van der Waals surface area contributed by atoms with Crippen molar-refractivity contribution in [2.24, 2.45) is 10.9 Å². The van der Waals surface area contributed by atoms with Crippen molar-refractivity contribution in [2.45, 2.75) is 24.8 Å². The molecule has 1 aliphatic carbocycles. The number of fused-ring (bicyclic) bond motifs is 2. The molecule has 3 unspecified atom stereocenters. The topological polar surface area (TPSA) is 50.7 Å². The van der Waals surface area contributed by atoms with E-state index in [9.17, 15) is 4.79 Å². The maximum absolute atomic E-state index is 13.6. The van der Waals surface area contributed by atoms with Crippen LogP contribution in [-0.2, 0) is 4.79 Å². The molecule has 0 amide bonds. The Bertz CT molecular complexity index is 1210. The molecule has 1 aliphatic heterocycles. The third-order valence-electron chi connectivity index (χ3n) is 6.33. The van der Waals surface area contributed by atoms with Gasteiger partial charge in [-0.25, -0.2) is 0 Å². The lowest BCUT2D eigenvalue weighted by Gasteiger charge is -2.34. The van der Waals surface area contributed by atoms with Crippen LogP contribution in [0.3, 0.4) is 0 Å². The van der Waals surface area contributed by atoms with Crippen LogP contribution < -0.4 is 10.1 Å². The molecule has 6 heteroatoms. The number of carbonyl (C=O) groups is 1. The molecule has 1 N–H and O–H groups in total. The summed E-state index contributed by atoms with van der Waals surface area (Å²) in [6, 6.07) is 21.0. The van der Waals surface area contributed by atoms with Gasteiger partial charge in [-0.2, -0.15) is 0 Å². The van der Waals surface area contributed by atoms with E-state index in [0.29, 0.717) is 22.9 Å². The SMILES string of the molecule is COc1ccc(C2CC(=O)C3C(=Nc4ccccc4NC3c3cccc(Cl)c3Cl)C2)cc1. The number of nitrogens with zero attached hydrogens (tertiary/aromatic N) is 1. The van der Waals surface area contributed by atoms with E-state index in [1.165, 1.54) is 0 Å². The molecule has 0 saturated heterocycles. The molecule has 5 rings (SSSR count). The third-order valence-corrected chi connectivity index (χ3v) is 7.16. The van der Waals surface area contributed by atoms with Crippen LogP contribution in [0.4, 0.5) is 11.4 Å². The fourth-order valence-electron chi connectivity index (χ4n) is 4.73. The molecule has 0 bridgehead atoms. The first-order chi connectivity index (χ1) is 15.5. The van der Waals surface area contributed by atoms with Gasteiger partial charge in [-0.05, 0) is 53.8 Å². The highest BCUT2D eigenvalue weighted by Crippen LogP contribution is 2.46. The number of carbonyl (C=O) groups excluding carboxylic acids is 1. The highest BCUT2D eigenvalue weighted by atomic mass is 35.5. The Hall–Kier alpha value is -2.82. The predicted molar refractivity (Wildman–Crippen MR) is 130 cm³/mol. The Labute approximate surface area is 197 Å². The van der Waals surface area contributed by atoms with Crippen molar-refractivity contribution in [2.75, 3.05) is 12.4 Å². The number of para-hydroxylation sites is 2. The zero-order chi connectivity index (χ0) is 22.2. The van der Waals surface area contributed by atoms with Crippen LogP contribution in [-0.4, -0.2) is 18.6 Å². The number of ketones is 1. The molecule has 2 aliphatic rings. The second-order valence-electron chi connectivity index (χ2n) is 8.21. The number of hydrogen-bond donors (Lipinski definition) is 1. The van der Waals surface area contributed by atoms with Gasteiger partial charge in [0.2, 0.25) is 0 Å². The van der Waals surface area contributed by atoms with Crippen LogP contribution in [0.1, 0.15) is 35.9 Å². The highest BCUT2D eigenvalue weighted by Gasteiger charge is 2.42. The Morgan fingerprint density at radius 3 is 2.53 bits per heavy atom. The second kappa shape index (κ2) is 8.61. The van der Waals surface area contributed by atoms with Crippen LogP contribution >= 0.6 is 23.2 Å². The van der Waals surface area contributed by atoms with E-state index in [4.69, 9.17) is 32.9 Å². The summed E-state index contributed by atoms with van der Waals surface area (Å²) in [5, 5.41) is 4.49. The first kappa shape index (κ1) is 21.0. The van der Waals surface area contributed by atoms with Crippen LogP contribution in [0, 0.1) is 5.92 Å². The van der Waals surface area contributed by atoms with Crippen molar-refractivity contribution in [3.05, 3.63) is 87.9 Å². The van der Waals surface area contributed by atoms with Crippen LogP contribution in [0.2, 0.25) is 10.0 Å². The second-order valence-corrected chi connectivity index (χ2v) is 8.99. The lowest BCUT2D eigenvalue weighted by molar-refractivity contribution is -0.122. The number of rotatable bonds is 3. The molecule has 0 spiro atoms. The van der Waals surface area contributed by atoms with Crippen molar-refractivity contribution in [3.63, 3.8) is 0 Å². The predicted octanol–water partition coefficient (Wildman–Crippen LogP) is 7.00. The summed E-state index contributed by atoms with van der Waals surface area (Å²) in [7, 11) is 1.65. The average Bonchev–Trinajstić information content (AvgIpc) is 2.97. The molecule has 1 saturated carbocycles. The van der Waals surface area contributed by atoms with Gasteiger partial charge in [0.1, 0.15) is 11.5 Å². The Kier molecular flexibility index (Phi) is 5.66. The highest BCUT2D eigenvalue weighted by molar-refractivity contribution is 6.42. The van der Waals surface area contributed by atoms with Crippen molar-refractivity contribution in [1.29, 1.82) is 0 Å². The van der Waals surface area contributed by atoms with E-state index in [1.54, 1.807) is 13.2 Å². The fourth-order valence-corrected chi connectivity index (χ4v) is 5.15. The maximum atomic E-state index is 13.6. The summed E-state index contributed by atoms with van der Waals surface area (Å²) in [6.45, 7) is 0. The molecule has 4 nitrogen and oxygen atoms in total. The van der Waals surface area contributed by atoms with Crippen molar-refractivity contribution in [3.8, 4) is 5.75 Å². The quantitative estimate of drug-likeness (QED) is 0.453. The zero-order valence-electron chi connectivity index (χ0n) is 17.5. The van der Waals surface area contributed by atoms with Crippen LogP contribution in [0.5, 0.6) is 5.75 Å². The summed E-state index contributed by atoms with van der Waals surface area (Å²) in [5.74, 6) is 0.614. The standard InChI is InChI=1S/C26H22Cl2N2O2/c1-32-17-11-9-15(10-12-17)16-13-22-24(23(31)14-16)26(18-5-4-6-19(27)25(18)28)30-21-8-3-2-7-20(21)29-22/h2-12,16,24,26,30H,13-14H2,1H3. The maximum Gasteiger partial charge on any atom is 0.144 e. The molecule has 3 aromatic carbocycles. The largest absolute Gasteiger partial charge is 0.497 e. The summed E-state index contributed by atoms with van der Waals surface area (Å²) < 4.78 is 5.28. The number of halogens is 2. The molecule has 0 aromatic heterocycles. The molecule has 162 valence electrons. The Morgan fingerprint density at radius 1 is 0.969 bits per heavy atom. The molecule has 3 aromatic rings. The van der Waals surface area contributed by atoms with E-state index < -0.39 is 5.92 Å². The van der Waals surface area contributed by atoms with E-state index in [1.807, 2.05) is 60.7 Å². The molecular weight excluding hydrogens is 443 g/mol. The number of benzene rings is 3. The molecule has 1 fully saturated rings. The number of nitrogens with one attached hydrogen (secondary N) is 1. The lowest BCUT2D eigenvalue weighted by Crippen LogP contribution is -2.38. The van der Waals surface area contributed by atoms with Crippen LogP contribution in [0.25, 0.3) is 0 Å². The van der Waals surface area contributed by atoms with E-state index in [2.05, 4.69) is 5.32 Å². The fraction of sp³-hybridized carbons (Fsp3) is 0.231. The van der Waals surface area contributed by atoms with E-state index in [0.717, 1.165) is 34.0 Å². The van der Waals surface area contributed by atoms with Gasteiger partial charge in [0.15, 0.2) is 0 Å². The van der Waals surface area contributed by atoms with Gasteiger partial charge < -0.3 is 10.1 Å². The molecular formula is C26H22Cl2N2O2. The average molecular weight is 465 g/mol. The van der Waals surface area contributed by atoms with Crippen molar-refractivity contribution in [1.82, 2.24) is 0 Å². The van der Waals surface area contributed by atoms with Crippen molar-refractivity contribution >= 4 is 46.1 Å². The minimum absolute atomic E-state index is 0.0733. The summed E-state index contributed by atoms with van der Waals surface area (Å²) in [4.78, 5) is 18.6. The van der Waals surface area contributed by atoms with E-state index >= 15 is 0 Å².